The number of pyridine rings is 1. The van der Waals surface area contributed by atoms with Crippen LogP contribution in [-0.2, 0) is 10.0 Å². The zero-order valence-electron chi connectivity index (χ0n) is 19.9. The molecule has 1 fully saturated rings. The van der Waals surface area contributed by atoms with Crippen LogP contribution in [0.4, 0.5) is 20.2 Å². The van der Waals surface area contributed by atoms with Crippen molar-refractivity contribution in [3.63, 3.8) is 0 Å². The number of carbonyl (C=O) groups excluding carboxylic acids is 2. The number of hydrogen-bond acceptors (Lipinski definition) is 6. The van der Waals surface area contributed by atoms with Crippen LogP contribution in [0.25, 0.3) is 11.0 Å². The van der Waals surface area contributed by atoms with Gasteiger partial charge in [-0.05, 0) is 56.2 Å². The molecule has 1 saturated carbocycles. The van der Waals surface area contributed by atoms with E-state index in [1.165, 1.54) is 18.2 Å². The summed E-state index contributed by atoms with van der Waals surface area (Å²) in [4.78, 5) is 29.4. The number of rotatable bonds is 5. The summed E-state index contributed by atoms with van der Waals surface area (Å²) in [5.74, 6) is -3.57. The van der Waals surface area contributed by atoms with Crippen LogP contribution in [0.1, 0.15) is 59.6 Å². The normalized spacial score (nSPS) is 19.8. The third-order valence-corrected chi connectivity index (χ3v) is 7.72. The Kier molecular flexibility index (Phi) is 6.15. The first-order valence-electron chi connectivity index (χ1n) is 11.8. The van der Waals surface area contributed by atoms with Gasteiger partial charge in [0.2, 0.25) is 15.9 Å². The first kappa shape index (κ1) is 25.1. The third kappa shape index (κ3) is 5.01. The minimum absolute atomic E-state index is 0.0253. The Bertz CT molecular complexity index is 1510. The Morgan fingerprint density at radius 2 is 1.92 bits per heavy atom. The number of fused-ring (bicyclic) bond motifs is 3. The fourth-order valence-electron chi connectivity index (χ4n) is 4.82. The number of anilines is 2. The number of nitrogens with one attached hydrogen (secondary N) is 3. The molecule has 0 unspecified atom stereocenters. The van der Waals surface area contributed by atoms with Crippen molar-refractivity contribution in [3.05, 3.63) is 47.8 Å². The number of aromatic nitrogens is 2. The molecule has 5 N–H and O–H groups in total. The number of carbonyl (C=O) groups is 2. The van der Waals surface area contributed by atoms with E-state index in [1.807, 2.05) is 6.92 Å². The summed E-state index contributed by atoms with van der Waals surface area (Å²) in [7, 11) is -4.24. The highest BCUT2D eigenvalue weighted by molar-refractivity contribution is 7.89. The monoisotopic (exact) mass is 532 g/mol. The van der Waals surface area contributed by atoms with Gasteiger partial charge in [0.25, 0.3) is 11.8 Å². The molecule has 37 heavy (non-hydrogen) atoms. The molecule has 3 aromatic rings. The zero-order chi connectivity index (χ0) is 26.5. The number of nitrogens with two attached hydrogens (primary N) is 1. The molecule has 2 amide bonds. The maximum Gasteiger partial charge on any atom is 0.274 e. The van der Waals surface area contributed by atoms with Crippen LogP contribution < -0.4 is 21.1 Å². The number of alkyl halides is 2. The molecule has 0 bridgehead atoms. The van der Waals surface area contributed by atoms with Crippen molar-refractivity contribution in [2.45, 2.75) is 55.5 Å². The van der Waals surface area contributed by atoms with Crippen LogP contribution in [0.3, 0.4) is 0 Å². The van der Waals surface area contributed by atoms with Gasteiger partial charge in [0.1, 0.15) is 21.9 Å². The lowest BCUT2D eigenvalue weighted by atomic mass is 9.92. The minimum Gasteiger partial charge on any atom is -0.382 e. The number of halogens is 2. The SMILES string of the molecule is C[C@@H]1CNC(=O)c2cc3ccc(C(=O)Nc4ccc(NC5CCC(F)(F)CC5)cc4S(N)(=O)=O)nc3n21. The van der Waals surface area contributed by atoms with Crippen molar-refractivity contribution < 1.29 is 26.8 Å². The molecule has 2 aliphatic rings. The molecule has 0 spiro atoms. The van der Waals surface area contributed by atoms with Gasteiger partial charge in [-0.15, -0.1) is 0 Å². The molecular formula is C24H26F2N6O4S. The maximum absolute atomic E-state index is 13.5. The van der Waals surface area contributed by atoms with Crippen LogP contribution in [0.5, 0.6) is 0 Å². The van der Waals surface area contributed by atoms with Crippen molar-refractivity contribution in [3.8, 4) is 0 Å². The van der Waals surface area contributed by atoms with E-state index in [4.69, 9.17) is 5.14 Å². The highest BCUT2D eigenvalue weighted by atomic mass is 32.2. The highest BCUT2D eigenvalue weighted by Crippen LogP contribution is 2.35. The molecule has 0 radical (unpaired) electrons. The number of nitrogens with zero attached hydrogens (tertiary/aromatic N) is 2. The van der Waals surface area contributed by atoms with Crippen LogP contribution in [0, 0.1) is 0 Å². The molecule has 1 atom stereocenters. The quantitative estimate of drug-likeness (QED) is 0.397. The summed E-state index contributed by atoms with van der Waals surface area (Å²) < 4.78 is 53.3. The van der Waals surface area contributed by atoms with E-state index in [1.54, 1.807) is 22.8 Å². The molecule has 10 nitrogen and oxygen atoms in total. The predicted molar refractivity (Wildman–Crippen MR) is 133 cm³/mol. The van der Waals surface area contributed by atoms with E-state index >= 15 is 0 Å². The van der Waals surface area contributed by atoms with Crippen molar-refractivity contribution in [1.82, 2.24) is 14.9 Å². The molecule has 0 saturated heterocycles. The first-order valence-corrected chi connectivity index (χ1v) is 13.4. The van der Waals surface area contributed by atoms with Crippen LogP contribution in [-0.4, -0.2) is 48.3 Å². The average Bonchev–Trinajstić information content (AvgIpc) is 3.23. The molecule has 196 valence electrons. The van der Waals surface area contributed by atoms with E-state index in [0.29, 0.717) is 29.0 Å². The Hall–Kier alpha value is -3.58. The number of amides is 2. The lowest BCUT2D eigenvalue weighted by Gasteiger charge is -2.29. The second-order valence-corrected chi connectivity index (χ2v) is 11.1. The van der Waals surface area contributed by atoms with Gasteiger partial charge in [0.05, 0.1) is 11.7 Å². The first-order chi connectivity index (χ1) is 17.4. The summed E-state index contributed by atoms with van der Waals surface area (Å²) >= 11 is 0. The van der Waals surface area contributed by atoms with Crippen LogP contribution >= 0.6 is 0 Å². The van der Waals surface area contributed by atoms with E-state index in [-0.39, 0.29) is 60.0 Å². The number of benzene rings is 1. The molecule has 2 aromatic heterocycles. The molecular weight excluding hydrogens is 506 g/mol. The third-order valence-electron chi connectivity index (χ3n) is 6.77. The van der Waals surface area contributed by atoms with Crippen LogP contribution in [0.15, 0.2) is 41.3 Å². The van der Waals surface area contributed by atoms with E-state index < -0.39 is 21.9 Å². The van der Waals surface area contributed by atoms with E-state index in [9.17, 15) is 26.8 Å². The van der Waals surface area contributed by atoms with Crippen molar-refractivity contribution in [2.24, 2.45) is 5.14 Å². The summed E-state index contributed by atoms with van der Waals surface area (Å²) in [5.41, 5.74) is 1.29. The number of sulfonamides is 1. The number of hydrogen-bond donors (Lipinski definition) is 4. The summed E-state index contributed by atoms with van der Waals surface area (Å²) in [6.07, 6.45) is 0.00116. The maximum atomic E-state index is 13.5. The van der Waals surface area contributed by atoms with E-state index in [2.05, 4.69) is 20.9 Å². The Morgan fingerprint density at radius 1 is 1.19 bits per heavy atom. The number of primary sulfonamides is 1. The topological polar surface area (TPSA) is 148 Å². The Balaban J connectivity index is 1.40. The minimum atomic E-state index is -4.24. The van der Waals surface area contributed by atoms with Crippen molar-refractivity contribution in [1.29, 1.82) is 0 Å². The van der Waals surface area contributed by atoms with Gasteiger partial charge in [0.15, 0.2) is 0 Å². The Morgan fingerprint density at radius 3 is 2.62 bits per heavy atom. The highest BCUT2D eigenvalue weighted by Gasteiger charge is 2.35. The largest absolute Gasteiger partial charge is 0.382 e. The second-order valence-electron chi connectivity index (χ2n) is 9.55. The smallest absolute Gasteiger partial charge is 0.274 e. The van der Waals surface area contributed by atoms with Gasteiger partial charge >= 0.3 is 0 Å². The standard InChI is InChI=1S/C24H26F2N6O4S/c1-13-12-28-23(34)19-10-14-2-4-18(30-21(14)32(13)19)22(33)31-17-5-3-16(11-20(17)37(27,35)36)29-15-6-8-24(25,26)9-7-15/h2-5,10-11,13,15,29H,6-9,12H2,1H3,(H,28,34)(H,31,33)(H2,27,35,36)/t13-/m1/s1. The van der Waals surface area contributed by atoms with Gasteiger partial charge < -0.3 is 20.5 Å². The van der Waals surface area contributed by atoms with Gasteiger partial charge in [-0.2, -0.15) is 0 Å². The molecule has 1 aliphatic heterocycles. The summed E-state index contributed by atoms with van der Waals surface area (Å²) in [5, 5.41) is 14.5. The van der Waals surface area contributed by atoms with Crippen LogP contribution in [0.2, 0.25) is 0 Å². The zero-order valence-corrected chi connectivity index (χ0v) is 20.7. The van der Waals surface area contributed by atoms with Crippen molar-refractivity contribution in [2.75, 3.05) is 17.2 Å². The Labute approximate surface area is 211 Å². The van der Waals surface area contributed by atoms with Gasteiger partial charge in [-0.3, -0.25) is 9.59 Å². The lowest BCUT2D eigenvalue weighted by Crippen LogP contribution is -2.37. The molecule has 1 aromatic carbocycles. The van der Waals surface area contributed by atoms with Gasteiger partial charge in [-0.25, -0.2) is 27.3 Å². The lowest BCUT2D eigenvalue weighted by molar-refractivity contribution is -0.0360. The molecule has 3 heterocycles. The molecule has 13 heteroatoms. The summed E-state index contributed by atoms with van der Waals surface area (Å²) in [6.45, 7) is 2.35. The predicted octanol–water partition coefficient (Wildman–Crippen LogP) is 3.23. The molecule has 1 aliphatic carbocycles. The van der Waals surface area contributed by atoms with Gasteiger partial charge in [-0.1, -0.05) is 0 Å². The van der Waals surface area contributed by atoms with Gasteiger partial charge in [0, 0.05) is 36.5 Å². The average molecular weight is 533 g/mol. The second kappa shape index (κ2) is 9.06. The van der Waals surface area contributed by atoms with Crippen molar-refractivity contribution >= 4 is 44.2 Å². The fourth-order valence-corrected chi connectivity index (χ4v) is 5.54. The molecule has 5 rings (SSSR count). The fraction of sp³-hybridized carbons (Fsp3) is 0.375. The summed E-state index contributed by atoms with van der Waals surface area (Å²) in [6, 6.07) is 8.77. The van der Waals surface area contributed by atoms with E-state index in [0.717, 1.165) is 0 Å².